The molecule has 0 saturated carbocycles. The minimum atomic E-state index is -0.0115. The summed E-state index contributed by atoms with van der Waals surface area (Å²) in [6.45, 7) is 26.7. The molecule has 0 unspecified atom stereocenters. The van der Waals surface area contributed by atoms with E-state index >= 15 is 0 Å². The molecule has 0 aromatic heterocycles. The molecule has 0 atom stereocenters. The van der Waals surface area contributed by atoms with Crippen LogP contribution in [-0.4, -0.2) is 124 Å². The molecular formula is C63H129N5O2. The normalized spacial score (nSPS) is 13.7. The Kier molecular flexibility index (Phi) is 53.8. The van der Waals surface area contributed by atoms with Crippen molar-refractivity contribution in [2.75, 3.05) is 98.2 Å². The molecule has 0 aromatic carbocycles. The molecular weight excluding hydrogens is 859 g/mol. The smallest absolute Gasteiger partial charge is 0.305 e. The lowest BCUT2D eigenvalue weighted by Crippen LogP contribution is -2.50. The Hall–Kier alpha value is -0.730. The molecule has 1 saturated heterocycles. The SMILES string of the molecule is CCCCCCCCCCCCCCN(CCCCCCCCCCCCCC)CCN(CCCCCCCCCCCCCC)CCN1CCN(CCNCCCCCC(=O)OCCCCC)CC1. The molecule has 1 aliphatic rings. The summed E-state index contributed by atoms with van der Waals surface area (Å²) in [6.07, 6.45) is 58.7. The van der Waals surface area contributed by atoms with Crippen molar-refractivity contribution in [3.63, 3.8) is 0 Å². The molecule has 418 valence electrons. The van der Waals surface area contributed by atoms with Crippen LogP contribution < -0.4 is 5.32 Å². The number of rotatable bonds is 58. The maximum atomic E-state index is 11.9. The molecule has 1 fully saturated rings. The highest BCUT2D eigenvalue weighted by Gasteiger charge is 2.18. The van der Waals surface area contributed by atoms with E-state index in [0.29, 0.717) is 13.0 Å². The first-order valence-corrected chi connectivity index (χ1v) is 32.4. The van der Waals surface area contributed by atoms with Gasteiger partial charge in [0.05, 0.1) is 6.61 Å². The van der Waals surface area contributed by atoms with Gasteiger partial charge in [-0.1, -0.05) is 259 Å². The minimum Gasteiger partial charge on any atom is -0.466 e. The van der Waals surface area contributed by atoms with Gasteiger partial charge in [0.2, 0.25) is 0 Å². The van der Waals surface area contributed by atoms with Gasteiger partial charge in [-0.25, -0.2) is 0 Å². The van der Waals surface area contributed by atoms with Crippen LogP contribution >= 0.6 is 0 Å². The Bertz CT molecular complexity index is 979. The highest BCUT2D eigenvalue weighted by molar-refractivity contribution is 5.69. The molecule has 0 aromatic rings. The quantitative estimate of drug-likeness (QED) is 0.0481. The average Bonchev–Trinajstić information content (AvgIpc) is 3.37. The molecule has 0 radical (unpaired) electrons. The summed E-state index contributed by atoms with van der Waals surface area (Å²) in [4.78, 5) is 23.2. The Balaban J connectivity index is 2.56. The van der Waals surface area contributed by atoms with Crippen LogP contribution in [0.4, 0.5) is 0 Å². The number of nitrogens with one attached hydrogen (secondary N) is 1. The van der Waals surface area contributed by atoms with Crippen LogP contribution in [0.2, 0.25) is 0 Å². The van der Waals surface area contributed by atoms with Gasteiger partial charge in [-0.15, -0.1) is 0 Å². The minimum absolute atomic E-state index is 0.0115. The van der Waals surface area contributed by atoms with Crippen molar-refractivity contribution in [1.29, 1.82) is 0 Å². The van der Waals surface area contributed by atoms with Crippen LogP contribution in [0.25, 0.3) is 0 Å². The van der Waals surface area contributed by atoms with Gasteiger partial charge < -0.3 is 19.9 Å². The zero-order valence-corrected chi connectivity index (χ0v) is 48.6. The van der Waals surface area contributed by atoms with Gasteiger partial charge >= 0.3 is 5.97 Å². The number of piperazine rings is 1. The number of esters is 1. The van der Waals surface area contributed by atoms with Crippen molar-refractivity contribution >= 4 is 5.97 Å². The highest BCUT2D eigenvalue weighted by Crippen LogP contribution is 2.16. The van der Waals surface area contributed by atoms with E-state index in [-0.39, 0.29) is 5.97 Å². The topological polar surface area (TPSA) is 51.3 Å². The summed E-state index contributed by atoms with van der Waals surface area (Å²) in [5.41, 5.74) is 0. The van der Waals surface area contributed by atoms with Crippen LogP contribution in [0.3, 0.4) is 0 Å². The first kappa shape index (κ1) is 67.3. The van der Waals surface area contributed by atoms with Gasteiger partial charge in [-0.05, 0) is 64.7 Å². The van der Waals surface area contributed by atoms with Gasteiger partial charge in [0, 0.05) is 71.9 Å². The standard InChI is InChI=1S/C63H129N5O2/c1-5-9-13-16-19-22-25-28-31-34-37-43-50-65(51-44-38-35-32-29-26-23-20-17-14-10-6-2)54-55-66(52-45-39-36-33-30-27-24-21-18-15-11-7-3)56-59-68-60-57-67(58-61-68)53-49-64-48-42-40-41-47-63(69)70-62-46-12-8-4/h64H,5-62H2,1-4H3. The van der Waals surface area contributed by atoms with E-state index < -0.39 is 0 Å². The van der Waals surface area contributed by atoms with Gasteiger partial charge in [0.25, 0.3) is 0 Å². The fourth-order valence-corrected chi connectivity index (χ4v) is 10.7. The fourth-order valence-electron chi connectivity index (χ4n) is 10.7. The molecule has 0 bridgehead atoms. The highest BCUT2D eigenvalue weighted by atomic mass is 16.5. The third kappa shape index (κ3) is 48.2. The van der Waals surface area contributed by atoms with Crippen molar-refractivity contribution < 1.29 is 9.53 Å². The van der Waals surface area contributed by atoms with Crippen molar-refractivity contribution in [3.8, 4) is 0 Å². The lowest BCUT2D eigenvalue weighted by atomic mass is 10.0. The summed E-state index contributed by atoms with van der Waals surface area (Å²) in [7, 11) is 0. The number of carbonyl (C=O) groups is 1. The van der Waals surface area contributed by atoms with Gasteiger partial charge in [0.1, 0.15) is 0 Å². The van der Waals surface area contributed by atoms with E-state index in [4.69, 9.17) is 4.74 Å². The number of carbonyl (C=O) groups excluding carboxylic acids is 1. The molecule has 70 heavy (non-hydrogen) atoms. The number of ether oxygens (including phenoxy) is 1. The van der Waals surface area contributed by atoms with Crippen molar-refractivity contribution in [1.82, 2.24) is 24.9 Å². The predicted octanol–water partition coefficient (Wildman–Crippen LogP) is 17.2. The maximum absolute atomic E-state index is 11.9. The second kappa shape index (κ2) is 56.0. The maximum Gasteiger partial charge on any atom is 0.305 e. The van der Waals surface area contributed by atoms with Crippen LogP contribution in [0, 0.1) is 0 Å². The van der Waals surface area contributed by atoms with Crippen LogP contribution in [0.5, 0.6) is 0 Å². The first-order chi connectivity index (χ1) is 34.6. The molecule has 1 aliphatic heterocycles. The molecule has 0 aliphatic carbocycles. The summed E-state index contributed by atoms with van der Waals surface area (Å²) in [5.74, 6) is -0.0115. The van der Waals surface area contributed by atoms with Gasteiger partial charge in [0.15, 0.2) is 0 Å². The van der Waals surface area contributed by atoms with E-state index in [2.05, 4.69) is 52.6 Å². The fraction of sp³-hybridized carbons (Fsp3) is 0.984. The second-order valence-corrected chi connectivity index (χ2v) is 22.5. The lowest BCUT2D eigenvalue weighted by Gasteiger charge is -2.36. The Labute approximate surface area is 440 Å². The number of nitrogens with zero attached hydrogens (tertiary/aromatic N) is 4. The summed E-state index contributed by atoms with van der Waals surface area (Å²) in [5, 5.41) is 3.68. The number of unbranched alkanes of at least 4 members (excludes halogenated alkanes) is 37. The molecule has 0 spiro atoms. The van der Waals surface area contributed by atoms with E-state index in [1.54, 1.807) is 0 Å². The molecule has 7 heteroatoms. The summed E-state index contributed by atoms with van der Waals surface area (Å²) >= 11 is 0. The molecule has 0 amide bonds. The van der Waals surface area contributed by atoms with Crippen molar-refractivity contribution in [3.05, 3.63) is 0 Å². The van der Waals surface area contributed by atoms with E-state index in [0.717, 1.165) is 58.2 Å². The second-order valence-electron chi connectivity index (χ2n) is 22.5. The summed E-state index contributed by atoms with van der Waals surface area (Å²) < 4.78 is 5.36. The lowest BCUT2D eigenvalue weighted by molar-refractivity contribution is -0.143. The van der Waals surface area contributed by atoms with Gasteiger partial charge in [-0.2, -0.15) is 0 Å². The molecule has 1 heterocycles. The monoisotopic (exact) mass is 988 g/mol. The van der Waals surface area contributed by atoms with E-state index in [1.165, 1.54) is 303 Å². The third-order valence-corrected chi connectivity index (χ3v) is 15.8. The Morgan fingerprint density at radius 1 is 0.343 bits per heavy atom. The van der Waals surface area contributed by atoms with Crippen LogP contribution in [0.15, 0.2) is 0 Å². The molecule has 7 nitrogen and oxygen atoms in total. The first-order valence-electron chi connectivity index (χ1n) is 32.4. The zero-order chi connectivity index (χ0) is 50.3. The Morgan fingerprint density at radius 3 is 1.04 bits per heavy atom. The number of hydrogen-bond acceptors (Lipinski definition) is 7. The predicted molar refractivity (Wildman–Crippen MR) is 311 cm³/mol. The Morgan fingerprint density at radius 2 is 0.657 bits per heavy atom. The van der Waals surface area contributed by atoms with Crippen LogP contribution in [-0.2, 0) is 9.53 Å². The van der Waals surface area contributed by atoms with Crippen LogP contribution in [0.1, 0.15) is 304 Å². The van der Waals surface area contributed by atoms with E-state index in [9.17, 15) is 4.79 Å². The van der Waals surface area contributed by atoms with E-state index in [1.807, 2.05) is 0 Å². The number of hydrogen-bond donors (Lipinski definition) is 1. The van der Waals surface area contributed by atoms with Crippen molar-refractivity contribution in [2.24, 2.45) is 0 Å². The average molecular weight is 989 g/mol. The molecule has 1 N–H and O–H groups in total. The third-order valence-electron chi connectivity index (χ3n) is 15.8. The van der Waals surface area contributed by atoms with Gasteiger partial charge in [-0.3, -0.25) is 14.6 Å². The summed E-state index contributed by atoms with van der Waals surface area (Å²) in [6, 6.07) is 0. The zero-order valence-electron chi connectivity index (χ0n) is 48.6. The molecule has 1 rings (SSSR count). The van der Waals surface area contributed by atoms with Crippen molar-refractivity contribution in [2.45, 2.75) is 304 Å². The largest absolute Gasteiger partial charge is 0.466 e.